The molecule has 0 saturated carbocycles. The Bertz CT molecular complexity index is 596. The molecule has 0 atom stereocenters. The van der Waals surface area contributed by atoms with E-state index in [4.69, 9.17) is 12.3 Å². The van der Waals surface area contributed by atoms with E-state index in [0.29, 0.717) is 0 Å². The van der Waals surface area contributed by atoms with Crippen LogP contribution in [0.25, 0.3) is 0 Å². The molecule has 0 radical (unpaired) electrons. The predicted molar refractivity (Wildman–Crippen MR) is 185 cm³/mol. The summed E-state index contributed by atoms with van der Waals surface area (Å²) in [5, 5.41) is 0. The first-order valence-corrected chi connectivity index (χ1v) is 26.2. The number of hydrogen-bond donors (Lipinski definition) is 0. The summed E-state index contributed by atoms with van der Waals surface area (Å²) < 4.78 is 23.3. The van der Waals surface area contributed by atoms with Gasteiger partial charge < -0.3 is 12.3 Å². The summed E-state index contributed by atoms with van der Waals surface area (Å²) in [5.74, 6) is 3.44. The van der Waals surface area contributed by atoms with Crippen LogP contribution in [0, 0.1) is 11.5 Å². The monoisotopic (exact) mass is 612 g/mol. The third-order valence-electron chi connectivity index (χ3n) is 7.83. The molecule has 3 nitrogen and oxygen atoms in total. The molecule has 0 aliphatic carbocycles. The Kier molecular flexibility index (Phi) is 20.9. The SMILES string of the molecule is C=C(C)C#C[Si](O[Si](CCC)(CCC)CCC)(O[Si](CCC)(CCC)CCC)O[Si](CCC)(CCC)CCC. The largest absolute Gasteiger partial charge is 0.560 e. The zero-order chi connectivity index (χ0) is 29.8. The minimum atomic E-state index is -3.34. The molecule has 0 saturated heterocycles. The predicted octanol–water partition coefficient (Wildman–Crippen LogP) is 11.6. The molecule has 0 aromatic rings. The van der Waals surface area contributed by atoms with Crippen molar-refractivity contribution in [2.24, 2.45) is 0 Å². The molecule has 0 amide bonds. The summed E-state index contributed by atoms with van der Waals surface area (Å²) >= 11 is 0. The Morgan fingerprint density at radius 3 is 0.821 bits per heavy atom. The van der Waals surface area contributed by atoms with Crippen LogP contribution in [0.4, 0.5) is 0 Å². The second-order valence-corrected chi connectivity index (χ2v) is 27.6. The lowest BCUT2D eigenvalue weighted by Crippen LogP contribution is -2.64. The molecule has 7 heteroatoms. The molecule has 0 unspecified atom stereocenters. The Hall–Kier alpha value is 0.0475. The van der Waals surface area contributed by atoms with Crippen LogP contribution in [0.5, 0.6) is 0 Å². The van der Waals surface area contributed by atoms with Gasteiger partial charge in [-0.2, -0.15) is 0 Å². The molecule has 0 N–H and O–H groups in total. The Labute approximate surface area is 250 Å². The fourth-order valence-corrected chi connectivity index (χ4v) is 30.4. The fraction of sp³-hybridized carbons (Fsp3) is 0.875. The van der Waals surface area contributed by atoms with E-state index in [0.717, 1.165) is 63.4 Å². The fourth-order valence-electron chi connectivity index (χ4n) is 6.86. The molecular weight excluding hydrogens is 545 g/mol. The molecule has 0 spiro atoms. The Morgan fingerprint density at radius 1 is 0.462 bits per heavy atom. The normalized spacial score (nSPS) is 12.9. The van der Waals surface area contributed by atoms with Gasteiger partial charge in [-0.05, 0) is 72.4 Å². The van der Waals surface area contributed by atoms with E-state index >= 15 is 0 Å². The lowest BCUT2D eigenvalue weighted by Gasteiger charge is -2.47. The van der Waals surface area contributed by atoms with Crippen LogP contribution in [0.15, 0.2) is 12.2 Å². The van der Waals surface area contributed by atoms with Crippen LogP contribution in [-0.4, -0.2) is 33.8 Å². The standard InChI is InChI=1S/C32H68O3Si4/c1-12-22-36(23-13-2,24-14-3)33-39(31-21-32(10)11,34-37(25-15-4,26-16-5)27-17-6)35-38(28-18-7,29-19-8)30-20-9/h10,12-20,22-30H2,1-9,11H3. The Balaban J connectivity index is 7.52. The topological polar surface area (TPSA) is 27.7 Å². The van der Waals surface area contributed by atoms with E-state index in [1.165, 1.54) is 54.4 Å². The molecular formula is C32H68O3Si4. The second-order valence-electron chi connectivity index (χ2n) is 12.2. The van der Waals surface area contributed by atoms with Crippen molar-refractivity contribution in [2.75, 3.05) is 0 Å². The highest BCUT2D eigenvalue weighted by Crippen LogP contribution is 2.40. The maximum absolute atomic E-state index is 7.77. The smallest absolute Gasteiger partial charge is 0.407 e. The van der Waals surface area contributed by atoms with Crippen LogP contribution >= 0.6 is 0 Å². The summed E-state index contributed by atoms with van der Waals surface area (Å²) in [5.41, 5.74) is 4.64. The maximum Gasteiger partial charge on any atom is 0.560 e. The van der Waals surface area contributed by atoms with E-state index in [1.807, 2.05) is 6.92 Å². The molecule has 0 aromatic carbocycles. The highest BCUT2D eigenvalue weighted by Gasteiger charge is 2.56. The van der Waals surface area contributed by atoms with Gasteiger partial charge in [0.05, 0.1) is 0 Å². The quantitative estimate of drug-likeness (QED) is 0.0801. The average Bonchev–Trinajstić information content (AvgIpc) is 2.84. The molecule has 39 heavy (non-hydrogen) atoms. The van der Waals surface area contributed by atoms with Crippen LogP contribution in [0.1, 0.15) is 127 Å². The molecule has 230 valence electrons. The van der Waals surface area contributed by atoms with Gasteiger partial charge in [0, 0.05) is 0 Å². The summed E-state index contributed by atoms with van der Waals surface area (Å²) in [6, 6.07) is 10.6. The molecule has 0 heterocycles. The Morgan fingerprint density at radius 2 is 0.667 bits per heavy atom. The van der Waals surface area contributed by atoms with E-state index < -0.39 is 33.8 Å². The second kappa shape index (κ2) is 20.8. The first-order valence-electron chi connectivity index (χ1n) is 16.9. The summed E-state index contributed by atoms with van der Waals surface area (Å²) in [6.07, 6.45) is 10.4. The van der Waals surface area contributed by atoms with Gasteiger partial charge in [-0.25, -0.2) is 0 Å². The first-order chi connectivity index (χ1) is 18.6. The zero-order valence-electron chi connectivity index (χ0n) is 28.2. The van der Waals surface area contributed by atoms with Crippen molar-refractivity contribution in [3.8, 4) is 11.5 Å². The maximum atomic E-state index is 7.77. The van der Waals surface area contributed by atoms with Crippen LogP contribution in [-0.2, 0) is 12.3 Å². The van der Waals surface area contributed by atoms with E-state index in [2.05, 4.69) is 80.4 Å². The van der Waals surface area contributed by atoms with Gasteiger partial charge in [-0.1, -0.05) is 133 Å². The highest BCUT2D eigenvalue weighted by molar-refractivity contribution is 6.95. The zero-order valence-corrected chi connectivity index (χ0v) is 32.2. The minimum absolute atomic E-state index is 0.888. The molecule has 0 rings (SSSR count). The van der Waals surface area contributed by atoms with Gasteiger partial charge in [0.15, 0.2) is 25.0 Å². The summed E-state index contributed by atoms with van der Waals surface area (Å²) in [4.78, 5) is 0. The molecule has 0 aliphatic rings. The lowest BCUT2D eigenvalue weighted by molar-refractivity contribution is 0.256. The molecule has 0 aliphatic heterocycles. The third-order valence-corrected chi connectivity index (χ3v) is 29.4. The van der Waals surface area contributed by atoms with Gasteiger partial charge >= 0.3 is 8.80 Å². The minimum Gasteiger partial charge on any atom is -0.407 e. The van der Waals surface area contributed by atoms with Crippen molar-refractivity contribution in [2.45, 2.75) is 181 Å². The van der Waals surface area contributed by atoms with E-state index in [9.17, 15) is 0 Å². The first kappa shape index (κ1) is 39.0. The van der Waals surface area contributed by atoms with E-state index in [1.54, 1.807) is 0 Å². The van der Waals surface area contributed by atoms with Gasteiger partial charge in [0.1, 0.15) is 0 Å². The van der Waals surface area contributed by atoms with Gasteiger partial charge in [-0.3, -0.25) is 0 Å². The molecule has 0 fully saturated rings. The van der Waals surface area contributed by atoms with Crippen molar-refractivity contribution in [3.63, 3.8) is 0 Å². The lowest BCUT2D eigenvalue weighted by atomic mass is 10.4. The summed E-state index contributed by atoms with van der Waals surface area (Å²) in [7, 11) is -9.68. The van der Waals surface area contributed by atoms with Gasteiger partial charge in [0.2, 0.25) is 0 Å². The van der Waals surface area contributed by atoms with Gasteiger partial charge in [0.25, 0.3) is 0 Å². The number of hydrogen-bond acceptors (Lipinski definition) is 3. The van der Waals surface area contributed by atoms with Gasteiger partial charge in [-0.15, -0.1) is 0 Å². The van der Waals surface area contributed by atoms with Crippen molar-refractivity contribution in [3.05, 3.63) is 12.2 Å². The highest BCUT2D eigenvalue weighted by atomic mass is 28.5. The van der Waals surface area contributed by atoms with Crippen LogP contribution in [0.2, 0.25) is 54.4 Å². The number of rotatable bonds is 24. The third kappa shape index (κ3) is 13.7. The average molecular weight is 613 g/mol. The van der Waals surface area contributed by atoms with Crippen molar-refractivity contribution < 1.29 is 12.3 Å². The summed E-state index contributed by atoms with van der Waals surface area (Å²) in [6.45, 7) is 27.2. The molecule has 0 aromatic heterocycles. The van der Waals surface area contributed by atoms with Crippen LogP contribution in [0.3, 0.4) is 0 Å². The van der Waals surface area contributed by atoms with Crippen molar-refractivity contribution in [1.29, 1.82) is 0 Å². The van der Waals surface area contributed by atoms with E-state index in [-0.39, 0.29) is 0 Å². The molecule has 0 bridgehead atoms. The van der Waals surface area contributed by atoms with Crippen molar-refractivity contribution >= 4 is 33.8 Å². The van der Waals surface area contributed by atoms with Crippen molar-refractivity contribution in [1.82, 2.24) is 0 Å². The number of allylic oxidation sites excluding steroid dienone is 1. The van der Waals surface area contributed by atoms with Crippen LogP contribution < -0.4 is 0 Å².